The Kier molecular flexibility index (Phi) is 2.45. The predicted molar refractivity (Wildman–Crippen MR) is 59.4 cm³/mol. The molecule has 1 aromatic rings. The van der Waals surface area contributed by atoms with Gasteiger partial charge in [-0.15, -0.1) is 0 Å². The molecule has 3 rings (SSSR count). The standard InChI is InChI=1S/C13H15F2NO/c14-11-5-10(6-12(15)7-11)13(17)2-4-16-3-1-9(13)8-16/h5-7,9,17H,1-4,8H2. The van der Waals surface area contributed by atoms with Gasteiger partial charge in [0, 0.05) is 25.1 Å². The van der Waals surface area contributed by atoms with E-state index in [2.05, 4.69) is 4.90 Å². The third-order valence-corrected chi connectivity index (χ3v) is 4.12. The van der Waals surface area contributed by atoms with Crippen LogP contribution in [0.3, 0.4) is 0 Å². The van der Waals surface area contributed by atoms with Gasteiger partial charge in [0.15, 0.2) is 0 Å². The van der Waals surface area contributed by atoms with Crippen molar-refractivity contribution in [3.8, 4) is 0 Å². The SMILES string of the molecule is OC1(c2cc(F)cc(F)c2)CCN2CCC1C2. The van der Waals surface area contributed by atoms with E-state index in [0.717, 1.165) is 32.1 Å². The first kappa shape index (κ1) is 11.1. The van der Waals surface area contributed by atoms with Crippen LogP contribution in [0.25, 0.3) is 0 Å². The molecule has 2 saturated heterocycles. The van der Waals surface area contributed by atoms with Crippen molar-refractivity contribution in [3.63, 3.8) is 0 Å². The molecule has 3 unspecified atom stereocenters. The first-order valence-electron chi connectivity index (χ1n) is 5.99. The van der Waals surface area contributed by atoms with Crippen LogP contribution in [-0.4, -0.2) is 29.6 Å². The molecule has 1 aromatic carbocycles. The van der Waals surface area contributed by atoms with Crippen molar-refractivity contribution in [2.75, 3.05) is 19.6 Å². The van der Waals surface area contributed by atoms with E-state index in [4.69, 9.17) is 0 Å². The average Bonchev–Trinajstić information content (AvgIpc) is 2.68. The summed E-state index contributed by atoms with van der Waals surface area (Å²) in [5.74, 6) is -1.14. The van der Waals surface area contributed by atoms with Gasteiger partial charge < -0.3 is 10.0 Å². The van der Waals surface area contributed by atoms with E-state index in [9.17, 15) is 13.9 Å². The van der Waals surface area contributed by atoms with Crippen molar-refractivity contribution < 1.29 is 13.9 Å². The van der Waals surface area contributed by atoms with Crippen LogP contribution in [0.1, 0.15) is 18.4 Å². The minimum Gasteiger partial charge on any atom is -0.385 e. The molecule has 0 saturated carbocycles. The Bertz CT molecular complexity index is 431. The molecular weight excluding hydrogens is 224 g/mol. The second kappa shape index (κ2) is 3.75. The van der Waals surface area contributed by atoms with E-state index >= 15 is 0 Å². The fourth-order valence-electron chi connectivity index (χ4n) is 3.14. The number of hydrogen-bond donors (Lipinski definition) is 1. The second-order valence-electron chi connectivity index (χ2n) is 5.12. The first-order valence-corrected chi connectivity index (χ1v) is 5.99. The number of nitrogens with zero attached hydrogens (tertiary/aromatic N) is 1. The van der Waals surface area contributed by atoms with E-state index in [1.807, 2.05) is 0 Å². The molecule has 2 aliphatic rings. The normalized spacial score (nSPS) is 36.2. The lowest BCUT2D eigenvalue weighted by Gasteiger charge is -2.39. The lowest BCUT2D eigenvalue weighted by molar-refractivity contribution is -0.0506. The summed E-state index contributed by atoms with van der Waals surface area (Å²) in [6, 6.07) is 3.37. The Hall–Kier alpha value is -1.00. The van der Waals surface area contributed by atoms with Crippen LogP contribution in [0.15, 0.2) is 18.2 Å². The van der Waals surface area contributed by atoms with Gasteiger partial charge in [-0.25, -0.2) is 8.78 Å². The van der Waals surface area contributed by atoms with Crippen molar-refractivity contribution in [3.05, 3.63) is 35.4 Å². The third-order valence-electron chi connectivity index (χ3n) is 4.12. The molecule has 0 radical (unpaired) electrons. The maximum atomic E-state index is 13.2. The summed E-state index contributed by atoms with van der Waals surface area (Å²) in [5.41, 5.74) is -0.669. The van der Waals surface area contributed by atoms with Gasteiger partial charge in [-0.2, -0.15) is 0 Å². The zero-order valence-corrected chi connectivity index (χ0v) is 9.50. The van der Waals surface area contributed by atoms with Crippen LogP contribution in [-0.2, 0) is 5.60 Å². The van der Waals surface area contributed by atoms with Crippen LogP contribution >= 0.6 is 0 Å². The van der Waals surface area contributed by atoms with E-state index in [1.54, 1.807) is 0 Å². The van der Waals surface area contributed by atoms with E-state index in [-0.39, 0.29) is 5.92 Å². The van der Waals surface area contributed by atoms with Gasteiger partial charge in [-0.3, -0.25) is 0 Å². The molecule has 2 bridgehead atoms. The third kappa shape index (κ3) is 1.76. The highest BCUT2D eigenvalue weighted by Gasteiger charge is 2.46. The lowest BCUT2D eigenvalue weighted by atomic mass is 9.77. The van der Waals surface area contributed by atoms with E-state index < -0.39 is 17.2 Å². The van der Waals surface area contributed by atoms with Crippen molar-refractivity contribution in [2.24, 2.45) is 5.92 Å². The Morgan fingerprint density at radius 2 is 1.88 bits per heavy atom. The van der Waals surface area contributed by atoms with Gasteiger partial charge in [0.25, 0.3) is 0 Å². The quantitative estimate of drug-likeness (QED) is 0.808. The number of fused-ring (bicyclic) bond motifs is 2. The summed E-state index contributed by atoms with van der Waals surface area (Å²) in [5, 5.41) is 10.7. The molecule has 3 atom stereocenters. The summed E-state index contributed by atoms with van der Waals surface area (Å²) >= 11 is 0. The smallest absolute Gasteiger partial charge is 0.126 e. The molecule has 0 spiro atoms. The van der Waals surface area contributed by atoms with Gasteiger partial charge in [-0.1, -0.05) is 0 Å². The molecular formula is C13H15F2NO. The molecule has 2 aliphatic heterocycles. The molecule has 2 fully saturated rings. The zero-order chi connectivity index (χ0) is 12.0. The van der Waals surface area contributed by atoms with Crippen LogP contribution in [0, 0.1) is 17.6 Å². The number of benzene rings is 1. The summed E-state index contributed by atoms with van der Waals surface area (Å²) in [6.45, 7) is 2.60. The van der Waals surface area contributed by atoms with Crippen molar-refractivity contribution in [1.82, 2.24) is 4.90 Å². The predicted octanol–water partition coefficient (Wildman–Crippen LogP) is 1.88. The highest BCUT2D eigenvalue weighted by molar-refractivity contribution is 5.27. The Balaban J connectivity index is 2.01. The molecule has 2 nitrogen and oxygen atoms in total. The van der Waals surface area contributed by atoms with Gasteiger partial charge in [-0.05, 0) is 37.1 Å². The van der Waals surface area contributed by atoms with Crippen LogP contribution < -0.4 is 0 Å². The van der Waals surface area contributed by atoms with Gasteiger partial charge in [0.05, 0.1) is 5.60 Å². The highest BCUT2D eigenvalue weighted by Crippen LogP contribution is 2.42. The molecule has 1 N–H and O–H groups in total. The number of rotatable bonds is 1. The van der Waals surface area contributed by atoms with E-state index in [0.29, 0.717) is 12.0 Å². The van der Waals surface area contributed by atoms with E-state index in [1.165, 1.54) is 12.1 Å². The summed E-state index contributed by atoms with van der Waals surface area (Å²) in [4.78, 5) is 2.29. The minimum absolute atomic E-state index is 0.0949. The molecule has 4 heteroatoms. The monoisotopic (exact) mass is 239 g/mol. The van der Waals surface area contributed by atoms with Crippen molar-refractivity contribution in [2.45, 2.75) is 18.4 Å². The Morgan fingerprint density at radius 3 is 2.59 bits per heavy atom. The fourth-order valence-corrected chi connectivity index (χ4v) is 3.14. The van der Waals surface area contributed by atoms with Gasteiger partial charge >= 0.3 is 0 Å². The topological polar surface area (TPSA) is 23.5 Å². The van der Waals surface area contributed by atoms with Gasteiger partial charge in [0.2, 0.25) is 0 Å². The molecule has 92 valence electrons. The lowest BCUT2D eigenvalue weighted by Crippen LogP contribution is -2.44. The number of aliphatic hydroxyl groups is 1. The molecule has 0 aromatic heterocycles. The Morgan fingerprint density at radius 1 is 1.18 bits per heavy atom. The van der Waals surface area contributed by atoms with Crippen LogP contribution in [0.2, 0.25) is 0 Å². The maximum Gasteiger partial charge on any atom is 0.126 e. The zero-order valence-electron chi connectivity index (χ0n) is 9.50. The Labute approximate surface area is 98.9 Å². The maximum absolute atomic E-state index is 13.2. The first-order chi connectivity index (χ1) is 8.08. The molecule has 0 aliphatic carbocycles. The largest absolute Gasteiger partial charge is 0.385 e. The summed E-state index contributed by atoms with van der Waals surface area (Å²) in [7, 11) is 0. The van der Waals surface area contributed by atoms with Gasteiger partial charge in [0.1, 0.15) is 11.6 Å². The summed E-state index contributed by atoms with van der Waals surface area (Å²) in [6.07, 6.45) is 1.45. The summed E-state index contributed by atoms with van der Waals surface area (Å²) < 4.78 is 26.5. The fraction of sp³-hybridized carbons (Fsp3) is 0.538. The number of hydrogen-bond acceptors (Lipinski definition) is 2. The second-order valence-corrected chi connectivity index (χ2v) is 5.12. The van der Waals surface area contributed by atoms with Crippen LogP contribution in [0.4, 0.5) is 8.78 Å². The molecule has 17 heavy (non-hydrogen) atoms. The molecule has 0 amide bonds. The number of halogens is 2. The minimum atomic E-state index is -1.06. The van der Waals surface area contributed by atoms with Crippen molar-refractivity contribution >= 4 is 0 Å². The number of piperidine rings is 1. The molecule has 2 heterocycles. The average molecular weight is 239 g/mol. The highest BCUT2D eigenvalue weighted by atomic mass is 19.1. The van der Waals surface area contributed by atoms with Crippen molar-refractivity contribution in [1.29, 1.82) is 0 Å². The van der Waals surface area contributed by atoms with Crippen LogP contribution in [0.5, 0.6) is 0 Å².